The lowest BCUT2D eigenvalue weighted by Gasteiger charge is -2.13. The van der Waals surface area contributed by atoms with Crippen LogP contribution in [-0.2, 0) is 10.0 Å². The molecule has 28 heavy (non-hydrogen) atoms. The second kappa shape index (κ2) is 7.38. The van der Waals surface area contributed by atoms with Gasteiger partial charge in [-0.25, -0.2) is 26.7 Å². The van der Waals surface area contributed by atoms with Crippen molar-refractivity contribution in [2.75, 3.05) is 21.5 Å². The Kier molecular flexibility index (Phi) is 5.14. The van der Waals surface area contributed by atoms with Crippen LogP contribution in [0.4, 0.5) is 26.0 Å². The summed E-state index contributed by atoms with van der Waals surface area (Å²) in [4.78, 5) is 16.3. The normalized spacial score (nSPS) is 11.5. The van der Waals surface area contributed by atoms with E-state index >= 15 is 0 Å². The Bertz CT molecular complexity index is 1160. The van der Waals surface area contributed by atoms with Crippen LogP contribution in [0.1, 0.15) is 23.8 Å². The lowest BCUT2D eigenvalue weighted by molar-refractivity contribution is 0.101. The molecule has 0 saturated carbocycles. The number of carbonyl (C=O) groups is 1. The Balaban J connectivity index is 1.94. The molecule has 12 heteroatoms. The monoisotopic (exact) mass is 410 g/mol. The minimum Gasteiger partial charge on any atom is -0.382 e. The fraction of sp³-hybridized carbons (Fsp3) is 0.188. The van der Waals surface area contributed by atoms with Crippen molar-refractivity contribution in [3.63, 3.8) is 0 Å². The zero-order valence-corrected chi connectivity index (χ0v) is 15.4. The Morgan fingerprint density at radius 3 is 2.71 bits per heavy atom. The van der Waals surface area contributed by atoms with Crippen molar-refractivity contribution >= 4 is 38.6 Å². The number of carbonyl (C=O) groups excluding carboxylic acids is 1. The van der Waals surface area contributed by atoms with Gasteiger partial charge in [0.05, 0.1) is 11.4 Å². The minimum absolute atomic E-state index is 0.0418. The standard InChI is InChI=1S/C16H16F2N6O3S/c1-2-7-28(26,27)23-10-4-3-9(17)14(13(10)18)22-16(25)12-6-5-11-15(19)20-8-21-24(11)12/h3-6,8,23H,2,7H2,1H3,(H,22,25)(H2,19,20,21). The van der Waals surface area contributed by atoms with Gasteiger partial charge in [-0.15, -0.1) is 0 Å². The third-order valence-corrected chi connectivity index (χ3v) is 5.26. The number of hydrogen-bond acceptors (Lipinski definition) is 6. The molecule has 0 unspecified atom stereocenters. The molecule has 0 fully saturated rings. The summed E-state index contributed by atoms with van der Waals surface area (Å²) in [7, 11) is -3.80. The molecule has 0 aliphatic heterocycles. The van der Waals surface area contributed by atoms with E-state index in [0.29, 0.717) is 11.9 Å². The van der Waals surface area contributed by atoms with Crippen LogP contribution in [0.3, 0.4) is 0 Å². The highest BCUT2D eigenvalue weighted by atomic mass is 32.2. The van der Waals surface area contributed by atoms with Gasteiger partial charge in [-0.1, -0.05) is 6.92 Å². The van der Waals surface area contributed by atoms with E-state index in [2.05, 4.69) is 15.4 Å². The molecule has 0 saturated heterocycles. The second-order valence-corrected chi connectivity index (χ2v) is 7.66. The first-order valence-corrected chi connectivity index (χ1v) is 9.76. The molecule has 1 amide bonds. The number of nitrogens with one attached hydrogen (secondary N) is 2. The molecule has 3 rings (SSSR count). The molecular weight excluding hydrogens is 394 g/mol. The quantitative estimate of drug-likeness (QED) is 0.570. The van der Waals surface area contributed by atoms with Crippen LogP contribution in [0.2, 0.25) is 0 Å². The molecule has 148 valence electrons. The van der Waals surface area contributed by atoms with Crippen LogP contribution in [-0.4, -0.2) is 34.7 Å². The maximum atomic E-state index is 14.6. The summed E-state index contributed by atoms with van der Waals surface area (Å²) >= 11 is 0. The number of sulfonamides is 1. The van der Waals surface area contributed by atoms with Gasteiger partial charge < -0.3 is 11.1 Å². The lowest BCUT2D eigenvalue weighted by atomic mass is 10.2. The molecule has 0 spiro atoms. The number of nitrogens with two attached hydrogens (primary N) is 1. The zero-order chi connectivity index (χ0) is 20.5. The fourth-order valence-corrected chi connectivity index (χ4v) is 3.67. The summed E-state index contributed by atoms with van der Waals surface area (Å²) in [6, 6.07) is 4.62. The van der Waals surface area contributed by atoms with E-state index in [4.69, 9.17) is 5.73 Å². The average molecular weight is 410 g/mol. The van der Waals surface area contributed by atoms with E-state index in [-0.39, 0.29) is 17.3 Å². The van der Waals surface area contributed by atoms with Crippen molar-refractivity contribution in [2.24, 2.45) is 0 Å². The number of rotatable bonds is 6. The van der Waals surface area contributed by atoms with Crippen LogP contribution >= 0.6 is 0 Å². The largest absolute Gasteiger partial charge is 0.382 e. The van der Waals surface area contributed by atoms with E-state index < -0.39 is 38.9 Å². The number of amides is 1. The van der Waals surface area contributed by atoms with Gasteiger partial charge in [-0.2, -0.15) is 5.10 Å². The maximum absolute atomic E-state index is 14.6. The smallest absolute Gasteiger partial charge is 0.274 e. The third-order valence-electron chi connectivity index (χ3n) is 3.78. The number of halogens is 2. The summed E-state index contributed by atoms with van der Waals surface area (Å²) in [5.74, 6) is -3.30. The van der Waals surface area contributed by atoms with Crippen molar-refractivity contribution in [1.82, 2.24) is 14.6 Å². The third kappa shape index (κ3) is 3.71. The summed E-state index contributed by atoms with van der Waals surface area (Å²) in [5.41, 5.74) is 4.72. The van der Waals surface area contributed by atoms with Gasteiger partial charge in [0.15, 0.2) is 11.6 Å². The van der Waals surface area contributed by atoms with E-state index in [0.717, 1.165) is 18.5 Å². The fourth-order valence-electron chi connectivity index (χ4n) is 2.54. The van der Waals surface area contributed by atoms with Crippen LogP contribution in [0.15, 0.2) is 30.6 Å². The number of hydrogen-bond donors (Lipinski definition) is 3. The Morgan fingerprint density at radius 2 is 2.00 bits per heavy atom. The number of fused-ring (bicyclic) bond motifs is 1. The van der Waals surface area contributed by atoms with E-state index in [1.54, 1.807) is 6.92 Å². The lowest BCUT2D eigenvalue weighted by Crippen LogP contribution is -2.20. The Hall–Kier alpha value is -3.28. The number of benzene rings is 1. The summed E-state index contributed by atoms with van der Waals surface area (Å²) < 4.78 is 55.7. The number of nitrogens with zero attached hydrogens (tertiary/aromatic N) is 3. The minimum atomic E-state index is -3.80. The van der Waals surface area contributed by atoms with Gasteiger partial charge in [-0.3, -0.25) is 9.52 Å². The Labute approximate surface area is 158 Å². The Morgan fingerprint density at radius 1 is 1.25 bits per heavy atom. The molecule has 2 heterocycles. The number of nitrogen functional groups attached to an aromatic ring is 1. The molecule has 0 radical (unpaired) electrons. The van der Waals surface area contributed by atoms with Crippen molar-refractivity contribution in [3.05, 3.63) is 47.9 Å². The van der Waals surface area contributed by atoms with Gasteiger partial charge in [0, 0.05) is 0 Å². The SMILES string of the molecule is CCCS(=O)(=O)Nc1ccc(F)c(NC(=O)c2ccc3c(N)ncnn23)c1F. The summed E-state index contributed by atoms with van der Waals surface area (Å²) in [6.07, 6.45) is 1.44. The van der Waals surface area contributed by atoms with Crippen LogP contribution < -0.4 is 15.8 Å². The van der Waals surface area contributed by atoms with Crippen molar-refractivity contribution in [3.8, 4) is 0 Å². The van der Waals surface area contributed by atoms with Crippen LogP contribution in [0.5, 0.6) is 0 Å². The highest BCUT2D eigenvalue weighted by molar-refractivity contribution is 7.92. The molecule has 0 aliphatic carbocycles. The van der Waals surface area contributed by atoms with E-state index in [9.17, 15) is 22.0 Å². The van der Waals surface area contributed by atoms with Crippen LogP contribution in [0.25, 0.3) is 5.52 Å². The van der Waals surface area contributed by atoms with Crippen molar-refractivity contribution < 1.29 is 22.0 Å². The van der Waals surface area contributed by atoms with E-state index in [1.807, 2.05) is 4.72 Å². The van der Waals surface area contributed by atoms with Crippen molar-refractivity contribution in [1.29, 1.82) is 0 Å². The molecule has 2 aromatic heterocycles. The molecule has 0 aliphatic rings. The highest BCUT2D eigenvalue weighted by Gasteiger charge is 2.21. The first-order chi connectivity index (χ1) is 13.2. The molecule has 4 N–H and O–H groups in total. The predicted octanol–water partition coefficient (Wildman–Crippen LogP) is 1.99. The molecule has 1 aromatic carbocycles. The topological polar surface area (TPSA) is 131 Å². The second-order valence-electron chi connectivity index (χ2n) is 5.82. The average Bonchev–Trinajstić information content (AvgIpc) is 3.06. The van der Waals surface area contributed by atoms with Gasteiger partial charge >= 0.3 is 0 Å². The van der Waals surface area contributed by atoms with Crippen LogP contribution in [0, 0.1) is 11.6 Å². The van der Waals surface area contributed by atoms with Crippen molar-refractivity contribution in [2.45, 2.75) is 13.3 Å². The number of aromatic nitrogens is 3. The highest BCUT2D eigenvalue weighted by Crippen LogP contribution is 2.27. The molecule has 9 nitrogen and oxygen atoms in total. The molecule has 3 aromatic rings. The molecular formula is C16H16F2N6O3S. The zero-order valence-electron chi connectivity index (χ0n) is 14.6. The molecule has 0 bridgehead atoms. The van der Waals surface area contributed by atoms with Gasteiger partial charge in [0.1, 0.15) is 29.0 Å². The van der Waals surface area contributed by atoms with Gasteiger partial charge in [-0.05, 0) is 30.7 Å². The van der Waals surface area contributed by atoms with E-state index in [1.165, 1.54) is 16.6 Å². The maximum Gasteiger partial charge on any atom is 0.274 e. The summed E-state index contributed by atoms with van der Waals surface area (Å²) in [5, 5.41) is 5.99. The number of anilines is 3. The first-order valence-electron chi connectivity index (χ1n) is 8.11. The van der Waals surface area contributed by atoms with Gasteiger partial charge in [0.25, 0.3) is 5.91 Å². The predicted molar refractivity (Wildman–Crippen MR) is 99.4 cm³/mol. The molecule has 0 atom stereocenters. The first kappa shape index (κ1) is 19.5. The van der Waals surface area contributed by atoms with Gasteiger partial charge in [0.2, 0.25) is 10.0 Å². The summed E-state index contributed by atoms with van der Waals surface area (Å²) in [6.45, 7) is 1.64.